The molecule has 1 atom stereocenters. The highest BCUT2D eigenvalue weighted by molar-refractivity contribution is 6.40. The van der Waals surface area contributed by atoms with Gasteiger partial charge in [0, 0.05) is 25.2 Å². The molecule has 2 aromatic carbocycles. The van der Waals surface area contributed by atoms with Crippen LogP contribution in [0.4, 0.5) is 8.78 Å². The van der Waals surface area contributed by atoms with Crippen molar-refractivity contribution in [3.63, 3.8) is 0 Å². The van der Waals surface area contributed by atoms with E-state index in [-0.39, 0.29) is 24.1 Å². The van der Waals surface area contributed by atoms with Gasteiger partial charge in [-0.25, -0.2) is 18.7 Å². The first kappa shape index (κ1) is 20.8. The number of amides is 1. The molecule has 3 aromatic rings. The number of ketones is 1. The van der Waals surface area contributed by atoms with Gasteiger partial charge in [0.1, 0.15) is 18.0 Å². The summed E-state index contributed by atoms with van der Waals surface area (Å²) >= 11 is 0. The minimum absolute atomic E-state index is 0.109. The van der Waals surface area contributed by atoms with E-state index in [0.29, 0.717) is 24.2 Å². The molecule has 1 fully saturated rings. The highest BCUT2D eigenvalue weighted by Gasteiger charge is 2.38. The van der Waals surface area contributed by atoms with Crippen molar-refractivity contribution in [2.24, 2.45) is 0 Å². The summed E-state index contributed by atoms with van der Waals surface area (Å²) < 4.78 is 26.7. The molecule has 0 N–H and O–H groups in total. The quantitative estimate of drug-likeness (QED) is 0.572. The summed E-state index contributed by atoms with van der Waals surface area (Å²) in [6.45, 7) is 0.286. The highest BCUT2D eigenvalue weighted by atomic mass is 19.1. The molecule has 1 unspecified atom stereocenters. The number of benzene rings is 2. The Labute approximate surface area is 178 Å². The van der Waals surface area contributed by atoms with Crippen molar-refractivity contribution in [3.8, 4) is 0 Å². The first-order chi connectivity index (χ1) is 14.9. The number of halogens is 2. The normalized spacial score (nSPS) is 16.4. The van der Waals surface area contributed by atoms with Crippen LogP contribution in [0.25, 0.3) is 0 Å². The van der Waals surface area contributed by atoms with Crippen LogP contribution in [0.15, 0.2) is 60.9 Å². The summed E-state index contributed by atoms with van der Waals surface area (Å²) in [5.74, 6) is -2.33. The van der Waals surface area contributed by atoms with Gasteiger partial charge in [0.2, 0.25) is 5.78 Å². The predicted octanol–water partition coefficient (Wildman–Crippen LogP) is 3.45. The van der Waals surface area contributed by atoms with Crippen LogP contribution in [-0.4, -0.2) is 40.2 Å². The van der Waals surface area contributed by atoms with Gasteiger partial charge in [-0.2, -0.15) is 0 Å². The standard InChI is InChI=1S/C24H21F2N3O2/c1-29-13-20(23(30)24(29)31)22-12-21(27-14-28-22)17(10-15-2-6-18(25)7-3-15)11-16-4-8-19(26)9-5-16/h2-9,12,14,17,20H,10-11,13H2,1H3. The van der Waals surface area contributed by atoms with Gasteiger partial charge in [0.15, 0.2) is 0 Å². The maximum atomic E-state index is 13.3. The molecule has 0 radical (unpaired) electrons. The molecule has 0 aliphatic carbocycles. The zero-order chi connectivity index (χ0) is 22.0. The zero-order valence-electron chi connectivity index (χ0n) is 17.0. The van der Waals surface area contributed by atoms with E-state index in [1.807, 2.05) is 0 Å². The Morgan fingerprint density at radius 2 is 1.48 bits per heavy atom. The van der Waals surface area contributed by atoms with E-state index in [1.54, 1.807) is 37.4 Å². The molecule has 1 aliphatic heterocycles. The lowest BCUT2D eigenvalue weighted by Crippen LogP contribution is -2.22. The number of rotatable bonds is 6. The molecule has 1 aromatic heterocycles. The molecule has 1 saturated heterocycles. The third-order valence-electron chi connectivity index (χ3n) is 5.61. The van der Waals surface area contributed by atoms with Gasteiger partial charge in [-0.1, -0.05) is 24.3 Å². The number of Topliss-reactive ketones (excluding diaryl/α,β-unsaturated/α-hetero) is 1. The van der Waals surface area contributed by atoms with Gasteiger partial charge in [-0.15, -0.1) is 0 Å². The lowest BCUT2D eigenvalue weighted by Gasteiger charge is -2.18. The summed E-state index contributed by atoms with van der Waals surface area (Å²) in [7, 11) is 1.59. The van der Waals surface area contributed by atoms with Crippen molar-refractivity contribution < 1.29 is 18.4 Å². The SMILES string of the molecule is CN1CC(c2cc(C(Cc3ccc(F)cc3)Cc3ccc(F)cc3)ncn2)C(=O)C1=O. The van der Waals surface area contributed by atoms with Gasteiger partial charge in [-0.3, -0.25) is 9.59 Å². The molecule has 158 valence electrons. The number of carbonyl (C=O) groups is 2. The van der Waals surface area contributed by atoms with Crippen molar-refractivity contribution in [1.29, 1.82) is 0 Å². The van der Waals surface area contributed by atoms with Gasteiger partial charge < -0.3 is 4.90 Å². The number of aromatic nitrogens is 2. The summed E-state index contributed by atoms with van der Waals surface area (Å²) in [6, 6.07) is 14.3. The van der Waals surface area contributed by atoms with Crippen LogP contribution < -0.4 is 0 Å². The molecular formula is C24H21F2N3O2. The molecule has 0 bridgehead atoms. The van der Waals surface area contributed by atoms with Gasteiger partial charge >= 0.3 is 0 Å². The smallest absolute Gasteiger partial charge is 0.290 e. The Hall–Kier alpha value is -3.48. The third-order valence-corrected chi connectivity index (χ3v) is 5.61. The van der Waals surface area contributed by atoms with E-state index in [9.17, 15) is 18.4 Å². The van der Waals surface area contributed by atoms with E-state index in [0.717, 1.165) is 11.1 Å². The molecule has 1 amide bonds. The summed E-state index contributed by atoms with van der Waals surface area (Å²) in [5.41, 5.74) is 3.09. The van der Waals surface area contributed by atoms with Gasteiger partial charge in [0.05, 0.1) is 11.6 Å². The Kier molecular flexibility index (Phi) is 5.84. The molecule has 0 spiro atoms. The second kappa shape index (κ2) is 8.71. The maximum absolute atomic E-state index is 13.3. The van der Waals surface area contributed by atoms with Gasteiger partial charge in [-0.05, 0) is 54.3 Å². The van der Waals surface area contributed by atoms with Crippen LogP contribution in [-0.2, 0) is 22.4 Å². The van der Waals surface area contributed by atoms with Crippen molar-refractivity contribution in [2.45, 2.75) is 24.7 Å². The fourth-order valence-corrected chi connectivity index (χ4v) is 3.90. The number of nitrogens with zero attached hydrogens (tertiary/aromatic N) is 3. The Morgan fingerprint density at radius 1 is 0.935 bits per heavy atom. The average Bonchev–Trinajstić information content (AvgIpc) is 3.03. The molecule has 31 heavy (non-hydrogen) atoms. The topological polar surface area (TPSA) is 63.2 Å². The van der Waals surface area contributed by atoms with E-state index in [4.69, 9.17) is 0 Å². The van der Waals surface area contributed by atoms with Gasteiger partial charge in [0.25, 0.3) is 5.91 Å². The fraction of sp³-hybridized carbons (Fsp3) is 0.250. The second-order valence-electron chi connectivity index (χ2n) is 7.83. The van der Waals surface area contributed by atoms with E-state index in [2.05, 4.69) is 9.97 Å². The Morgan fingerprint density at radius 3 is 1.97 bits per heavy atom. The number of likely N-dealkylation sites (tertiary alicyclic amines) is 1. The lowest BCUT2D eigenvalue weighted by atomic mass is 9.88. The monoisotopic (exact) mass is 421 g/mol. The molecule has 7 heteroatoms. The van der Waals surface area contributed by atoms with Crippen LogP contribution >= 0.6 is 0 Å². The highest BCUT2D eigenvalue weighted by Crippen LogP contribution is 2.28. The minimum atomic E-state index is -0.614. The maximum Gasteiger partial charge on any atom is 0.290 e. The Balaban J connectivity index is 1.65. The molecule has 5 nitrogen and oxygen atoms in total. The average molecular weight is 421 g/mol. The fourth-order valence-electron chi connectivity index (χ4n) is 3.90. The second-order valence-corrected chi connectivity index (χ2v) is 7.83. The summed E-state index contributed by atoms with van der Waals surface area (Å²) in [5, 5.41) is 0. The van der Waals surface area contributed by atoms with Crippen LogP contribution in [0.3, 0.4) is 0 Å². The minimum Gasteiger partial charge on any atom is -0.338 e. The van der Waals surface area contributed by atoms with Crippen LogP contribution in [0, 0.1) is 11.6 Å². The molecule has 0 saturated carbocycles. The van der Waals surface area contributed by atoms with Crippen molar-refractivity contribution >= 4 is 11.7 Å². The molecule has 2 heterocycles. The summed E-state index contributed by atoms with van der Waals surface area (Å²) in [6.07, 6.45) is 2.56. The van der Waals surface area contributed by atoms with Crippen LogP contribution in [0.2, 0.25) is 0 Å². The number of carbonyl (C=O) groups excluding carboxylic acids is 2. The Bertz CT molecular complexity index is 1050. The van der Waals surface area contributed by atoms with E-state index >= 15 is 0 Å². The van der Waals surface area contributed by atoms with Crippen LogP contribution in [0.1, 0.15) is 34.4 Å². The number of likely N-dealkylation sites (N-methyl/N-ethyl adjacent to an activating group) is 1. The predicted molar refractivity (Wildman–Crippen MR) is 110 cm³/mol. The van der Waals surface area contributed by atoms with Crippen LogP contribution in [0.5, 0.6) is 0 Å². The van der Waals surface area contributed by atoms with Crippen molar-refractivity contribution in [3.05, 3.63) is 95.1 Å². The van der Waals surface area contributed by atoms with Crippen molar-refractivity contribution in [2.75, 3.05) is 13.6 Å². The van der Waals surface area contributed by atoms with E-state index in [1.165, 1.54) is 35.5 Å². The number of hydrogen-bond donors (Lipinski definition) is 0. The largest absolute Gasteiger partial charge is 0.338 e. The zero-order valence-corrected chi connectivity index (χ0v) is 17.0. The molecule has 4 rings (SSSR count). The summed E-state index contributed by atoms with van der Waals surface area (Å²) in [4.78, 5) is 34.3. The van der Waals surface area contributed by atoms with Crippen molar-refractivity contribution in [1.82, 2.24) is 14.9 Å². The first-order valence-corrected chi connectivity index (χ1v) is 10.0. The third kappa shape index (κ3) is 4.66. The first-order valence-electron chi connectivity index (χ1n) is 10.0. The lowest BCUT2D eigenvalue weighted by molar-refractivity contribution is -0.139. The molecule has 1 aliphatic rings. The number of hydrogen-bond acceptors (Lipinski definition) is 4. The van der Waals surface area contributed by atoms with E-state index < -0.39 is 17.6 Å². The molecular weight excluding hydrogens is 400 g/mol.